The highest BCUT2D eigenvalue weighted by Gasteiger charge is 2.06. The van der Waals surface area contributed by atoms with E-state index in [0.29, 0.717) is 6.54 Å². The van der Waals surface area contributed by atoms with Gasteiger partial charge >= 0.3 is 0 Å². The van der Waals surface area contributed by atoms with Crippen LogP contribution in [0.15, 0.2) is 31.0 Å². The minimum absolute atomic E-state index is 0.145. The molecule has 88 valence electrons. The number of aromatic nitrogens is 4. The first-order valence-electron chi connectivity index (χ1n) is 5.52. The predicted molar refractivity (Wildman–Crippen MR) is 64.1 cm³/mol. The summed E-state index contributed by atoms with van der Waals surface area (Å²) in [5, 5.41) is 3.33. The Morgan fingerprint density at radius 1 is 1.12 bits per heavy atom. The molecule has 0 aliphatic rings. The van der Waals surface area contributed by atoms with Crippen molar-refractivity contribution in [2.45, 2.75) is 26.4 Å². The Labute approximate surface area is 100 Å². The summed E-state index contributed by atoms with van der Waals surface area (Å²) >= 11 is 0. The van der Waals surface area contributed by atoms with Gasteiger partial charge in [0.15, 0.2) is 0 Å². The summed E-state index contributed by atoms with van der Waals surface area (Å²) in [5.74, 6) is 0. The summed E-state index contributed by atoms with van der Waals surface area (Å²) < 4.78 is 0. The van der Waals surface area contributed by atoms with Crippen molar-refractivity contribution in [1.29, 1.82) is 0 Å². The Kier molecular flexibility index (Phi) is 3.72. The molecule has 2 rings (SSSR count). The SMILES string of the molecule is Cc1cnc(CNC(C)c2cnccn2)cn1. The van der Waals surface area contributed by atoms with E-state index < -0.39 is 0 Å². The van der Waals surface area contributed by atoms with Crippen molar-refractivity contribution in [1.82, 2.24) is 25.3 Å². The highest BCUT2D eigenvalue weighted by Crippen LogP contribution is 2.07. The van der Waals surface area contributed by atoms with Gasteiger partial charge in [-0.05, 0) is 13.8 Å². The van der Waals surface area contributed by atoms with Crippen molar-refractivity contribution in [2.24, 2.45) is 0 Å². The van der Waals surface area contributed by atoms with E-state index in [1.54, 1.807) is 31.0 Å². The van der Waals surface area contributed by atoms with Gasteiger partial charge in [0.05, 0.1) is 17.1 Å². The third-order valence-corrected chi connectivity index (χ3v) is 2.45. The Bertz CT molecular complexity index is 454. The third-order valence-electron chi connectivity index (χ3n) is 2.45. The maximum Gasteiger partial charge on any atom is 0.0753 e. The monoisotopic (exact) mass is 229 g/mol. The van der Waals surface area contributed by atoms with Crippen LogP contribution in [0, 0.1) is 6.92 Å². The number of hydrogen-bond acceptors (Lipinski definition) is 5. The summed E-state index contributed by atoms with van der Waals surface area (Å²) in [7, 11) is 0. The third kappa shape index (κ3) is 3.29. The predicted octanol–water partition coefficient (Wildman–Crippen LogP) is 1.43. The number of aryl methyl sites for hydroxylation is 1. The zero-order valence-electron chi connectivity index (χ0n) is 9.96. The average Bonchev–Trinajstić information content (AvgIpc) is 2.39. The molecule has 0 aliphatic heterocycles. The van der Waals surface area contributed by atoms with Gasteiger partial charge in [-0.25, -0.2) is 0 Å². The molecule has 1 unspecified atom stereocenters. The van der Waals surface area contributed by atoms with Gasteiger partial charge in [-0.2, -0.15) is 0 Å². The lowest BCUT2D eigenvalue weighted by molar-refractivity contribution is 0.552. The summed E-state index contributed by atoms with van der Waals surface area (Å²) in [6.45, 7) is 4.64. The van der Waals surface area contributed by atoms with Crippen molar-refractivity contribution in [2.75, 3.05) is 0 Å². The van der Waals surface area contributed by atoms with Crippen LogP contribution in [0.25, 0.3) is 0 Å². The molecule has 0 bridgehead atoms. The van der Waals surface area contributed by atoms with E-state index in [1.807, 2.05) is 13.8 Å². The van der Waals surface area contributed by atoms with E-state index in [2.05, 4.69) is 25.3 Å². The molecule has 0 spiro atoms. The lowest BCUT2D eigenvalue weighted by atomic mass is 10.2. The van der Waals surface area contributed by atoms with Crippen molar-refractivity contribution >= 4 is 0 Å². The van der Waals surface area contributed by atoms with E-state index in [0.717, 1.165) is 17.1 Å². The summed E-state index contributed by atoms with van der Waals surface area (Å²) in [4.78, 5) is 16.8. The Balaban J connectivity index is 1.92. The molecule has 2 aromatic rings. The molecule has 1 N–H and O–H groups in total. The van der Waals surface area contributed by atoms with Crippen molar-refractivity contribution in [3.05, 3.63) is 48.1 Å². The molecule has 0 saturated carbocycles. The van der Waals surface area contributed by atoms with Gasteiger partial charge in [0.25, 0.3) is 0 Å². The van der Waals surface area contributed by atoms with Crippen LogP contribution in [0.2, 0.25) is 0 Å². The van der Waals surface area contributed by atoms with E-state index in [-0.39, 0.29) is 6.04 Å². The number of nitrogens with zero attached hydrogens (tertiary/aromatic N) is 4. The van der Waals surface area contributed by atoms with Crippen molar-refractivity contribution < 1.29 is 0 Å². The maximum atomic E-state index is 4.28. The first-order valence-corrected chi connectivity index (χ1v) is 5.52. The molecule has 17 heavy (non-hydrogen) atoms. The second-order valence-electron chi connectivity index (χ2n) is 3.88. The Hall–Kier alpha value is -1.88. The molecule has 0 fully saturated rings. The molecular formula is C12H15N5. The van der Waals surface area contributed by atoms with Crippen LogP contribution < -0.4 is 5.32 Å². The van der Waals surface area contributed by atoms with Gasteiger partial charge in [0, 0.05) is 43.6 Å². The summed E-state index contributed by atoms with van der Waals surface area (Å²) in [6, 6.07) is 0.145. The zero-order valence-corrected chi connectivity index (χ0v) is 9.96. The largest absolute Gasteiger partial charge is 0.303 e. The van der Waals surface area contributed by atoms with E-state index in [9.17, 15) is 0 Å². The molecule has 2 heterocycles. The molecule has 1 atom stereocenters. The molecular weight excluding hydrogens is 214 g/mol. The van der Waals surface area contributed by atoms with Gasteiger partial charge in [0.2, 0.25) is 0 Å². The highest BCUT2D eigenvalue weighted by atomic mass is 15.0. The summed E-state index contributed by atoms with van der Waals surface area (Å²) in [6.07, 6.45) is 8.68. The fraction of sp³-hybridized carbons (Fsp3) is 0.333. The average molecular weight is 229 g/mol. The smallest absolute Gasteiger partial charge is 0.0753 e. The lowest BCUT2D eigenvalue weighted by Gasteiger charge is -2.12. The Morgan fingerprint density at radius 2 is 2.00 bits per heavy atom. The number of rotatable bonds is 4. The number of hydrogen-bond donors (Lipinski definition) is 1. The first kappa shape index (κ1) is 11.6. The quantitative estimate of drug-likeness (QED) is 0.859. The molecule has 5 nitrogen and oxygen atoms in total. The molecule has 0 aliphatic carbocycles. The van der Waals surface area contributed by atoms with Crippen LogP contribution in [0.4, 0.5) is 0 Å². The minimum atomic E-state index is 0.145. The molecule has 5 heteroatoms. The second kappa shape index (κ2) is 5.45. The lowest BCUT2D eigenvalue weighted by Crippen LogP contribution is -2.20. The van der Waals surface area contributed by atoms with Gasteiger partial charge < -0.3 is 5.32 Å². The van der Waals surface area contributed by atoms with Crippen molar-refractivity contribution in [3.63, 3.8) is 0 Å². The molecule has 0 radical (unpaired) electrons. The normalized spacial score (nSPS) is 12.4. The fourth-order valence-corrected chi connectivity index (χ4v) is 1.41. The van der Waals surface area contributed by atoms with Crippen molar-refractivity contribution in [3.8, 4) is 0 Å². The molecule has 0 saturated heterocycles. The minimum Gasteiger partial charge on any atom is -0.303 e. The zero-order chi connectivity index (χ0) is 12.1. The topological polar surface area (TPSA) is 63.6 Å². The van der Waals surface area contributed by atoms with E-state index >= 15 is 0 Å². The van der Waals surface area contributed by atoms with Gasteiger partial charge in [-0.15, -0.1) is 0 Å². The van der Waals surface area contributed by atoms with Crippen LogP contribution in [-0.2, 0) is 6.54 Å². The van der Waals surface area contributed by atoms with Crippen LogP contribution in [0.1, 0.15) is 30.0 Å². The van der Waals surface area contributed by atoms with Crippen LogP contribution >= 0.6 is 0 Å². The molecule has 0 amide bonds. The Morgan fingerprint density at radius 3 is 2.65 bits per heavy atom. The van der Waals surface area contributed by atoms with E-state index in [1.165, 1.54) is 0 Å². The first-order chi connectivity index (χ1) is 8.25. The van der Waals surface area contributed by atoms with Gasteiger partial charge in [-0.3, -0.25) is 19.9 Å². The maximum absolute atomic E-state index is 4.28. The highest BCUT2D eigenvalue weighted by molar-refractivity contribution is 5.03. The summed E-state index contributed by atoms with van der Waals surface area (Å²) in [5.41, 5.74) is 2.77. The van der Waals surface area contributed by atoms with Crippen LogP contribution in [0.3, 0.4) is 0 Å². The number of nitrogens with one attached hydrogen (secondary N) is 1. The van der Waals surface area contributed by atoms with Crippen LogP contribution in [0.5, 0.6) is 0 Å². The van der Waals surface area contributed by atoms with Gasteiger partial charge in [-0.1, -0.05) is 0 Å². The van der Waals surface area contributed by atoms with Crippen LogP contribution in [-0.4, -0.2) is 19.9 Å². The second-order valence-corrected chi connectivity index (χ2v) is 3.88. The standard InChI is InChI=1S/C12H15N5/c1-9-5-17-11(6-15-9)7-16-10(2)12-8-13-3-4-14-12/h3-6,8,10,16H,7H2,1-2H3. The molecule has 0 aromatic carbocycles. The molecule has 2 aromatic heterocycles. The fourth-order valence-electron chi connectivity index (χ4n) is 1.41. The van der Waals surface area contributed by atoms with Gasteiger partial charge in [0.1, 0.15) is 0 Å². The van der Waals surface area contributed by atoms with E-state index in [4.69, 9.17) is 0 Å².